The van der Waals surface area contributed by atoms with E-state index in [-0.39, 0.29) is 0 Å². The Kier molecular flexibility index (Phi) is 2.58. The summed E-state index contributed by atoms with van der Waals surface area (Å²) in [5.41, 5.74) is 2.22. The van der Waals surface area contributed by atoms with E-state index in [4.69, 9.17) is 9.47 Å². The Balaban J connectivity index is 2.45. The third kappa shape index (κ3) is 1.79. The number of rotatable bonds is 2. The van der Waals surface area contributed by atoms with Crippen LogP contribution in [0.3, 0.4) is 0 Å². The zero-order chi connectivity index (χ0) is 10.8. The van der Waals surface area contributed by atoms with Gasteiger partial charge in [-0.05, 0) is 17.7 Å². The van der Waals surface area contributed by atoms with Gasteiger partial charge in [-0.3, -0.25) is 0 Å². The van der Waals surface area contributed by atoms with Gasteiger partial charge in [0.05, 0.1) is 14.2 Å². The minimum atomic E-state index is 0.440. The van der Waals surface area contributed by atoms with Gasteiger partial charge in [0.2, 0.25) is 6.54 Å². The van der Waals surface area contributed by atoms with Crippen LogP contribution in [0.1, 0.15) is 11.1 Å². The molecule has 80 valence electrons. The highest BCUT2D eigenvalue weighted by Gasteiger charge is 2.23. The Hall–Kier alpha value is -1.58. The highest BCUT2D eigenvalue weighted by Crippen LogP contribution is 2.32. The SMILES string of the molecule is COc1cc2c(cc1OC)C[N+](=O)CC2. The van der Waals surface area contributed by atoms with Crippen molar-refractivity contribution in [2.45, 2.75) is 13.0 Å². The van der Waals surface area contributed by atoms with Gasteiger partial charge in [0.15, 0.2) is 18.0 Å². The molecule has 0 radical (unpaired) electrons. The van der Waals surface area contributed by atoms with Crippen molar-refractivity contribution in [3.05, 3.63) is 28.2 Å². The van der Waals surface area contributed by atoms with Crippen molar-refractivity contribution in [2.24, 2.45) is 0 Å². The fourth-order valence-electron chi connectivity index (χ4n) is 1.86. The summed E-state index contributed by atoms with van der Waals surface area (Å²) in [6.07, 6.45) is 0.777. The molecule has 1 heterocycles. The predicted molar refractivity (Wildman–Crippen MR) is 55.4 cm³/mol. The molecule has 1 aromatic rings. The van der Waals surface area contributed by atoms with Crippen molar-refractivity contribution in [1.29, 1.82) is 0 Å². The van der Waals surface area contributed by atoms with E-state index < -0.39 is 0 Å². The van der Waals surface area contributed by atoms with E-state index in [9.17, 15) is 4.91 Å². The number of fused-ring (bicyclic) bond motifs is 1. The number of nitrogens with zero attached hydrogens (tertiary/aromatic N) is 1. The van der Waals surface area contributed by atoms with Gasteiger partial charge in [0, 0.05) is 21.7 Å². The van der Waals surface area contributed by atoms with Crippen LogP contribution >= 0.6 is 0 Å². The maximum Gasteiger partial charge on any atom is 0.217 e. The molecule has 1 aliphatic heterocycles. The third-order valence-corrected chi connectivity index (χ3v) is 2.68. The molecular weight excluding hydrogens is 194 g/mol. The van der Waals surface area contributed by atoms with Crippen molar-refractivity contribution in [3.8, 4) is 11.5 Å². The van der Waals surface area contributed by atoms with Gasteiger partial charge in [0.1, 0.15) is 0 Å². The summed E-state index contributed by atoms with van der Waals surface area (Å²) in [7, 11) is 3.22. The standard InChI is InChI=1S/C11H14NO3/c1-14-10-5-8-3-4-12(13)7-9(8)6-11(10)15-2/h5-6H,3-4,7H2,1-2H3/q+1. The Morgan fingerprint density at radius 1 is 1.13 bits per heavy atom. The van der Waals surface area contributed by atoms with Gasteiger partial charge in [-0.25, -0.2) is 0 Å². The zero-order valence-electron chi connectivity index (χ0n) is 8.95. The summed E-state index contributed by atoms with van der Waals surface area (Å²) in [5.74, 6) is 1.42. The molecule has 0 saturated carbocycles. The van der Waals surface area contributed by atoms with Gasteiger partial charge < -0.3 is 9.47 Å². The minimum Gasteiger partial charge on any atom is -0.493 e. The predicted octanol–water partition coefficient (Wildman–Crippen LogP) is 1.54. The molecule has 0 aliphatic carbocycles. The van der Waals surface area contributed by atoms with E-state index in [0.717, 1.165) is 22.5 Å². The summed E-state index contributed by atoms with van der Waals surface area (Å²) >= 11 is 0. The summed E-state index contributed by atoms with van der Waals surface area (Å²) in [5, 5.41) is 0. The van der Waals surface area contributed by atoms with E-state index in [2.05, 4.69) is 0 Å². The second-order valence-corrected chi connectivity index (χ2v) is 3.59. The average Bonchev–Trinajstić information content (AvgIpc) is 2.27. The van der Waals surface area contributed by atoms with Gasteiger partial charge in [-0.2, -0.15) is 0 Å². The lowest BCUT2D eigenvalue weighted by Gasteiger charge is -2.14. The van der Waals surface area contributed by atoms with Crippen molar-refractivity contribution in [3.63, 3.8) is 0 Å². The van der Waals surface area contributed by atoms with Crippen LogP contribution in [0, 0.1) is 4.91 Å². The minimum absolute atomic E-state index is 0.440. The van der Waals surface area contributed by atoms with Crippen LogP contribution in [0.25, 0.3) is 0 Å². The van der Waals surface area contributed by atoms with Crippen LogP contribution in [0.2, 0.25) is 0 Å². The Morgan fingerprint density at radius 2 is 1.73 bits per heavy atom. The number of ether oxygens (including phenoxy) is 2. The monoisotopic (exact) mass is 208 g/mol. The van der Waals surface area contributed by atoms with Gasteiger partial charge in [0.25, 0.3) is 0 Å². The zero-order valence-corrected chi connectivity index (χ0v) is 8.95. The molecule has 0 spiro atoms. The van der Waals surface area contributed by atoms with E-state index >= 15 is 0 Å². The molecule has 1 aliphatic rings. The topological polar surface area (TPSA) is 38.5 Å². The van der Waals surface area contributed by atoms with Gasteiger partial charge in [-0.1, -0.05) is 0 Å². The molecule has 0 bridgehead atoms. The lowest BCUT2D eigenvalue weighted by atomic mass is 10.0. The first-order valence-corrected chi connectivity index (χ1v) is 4.90. The number of hydrogen-bond donors (Lipinski definition) is 0. The lowest BCUT2D eigenvalue weighted by Crippen LogP contribution is -2.19. The van der Waals surface area contributed by atoms with Crippen molar-refractivity contribution in [2.75, 3.05) is 20.8 Å². The van der Waals surface area contributed by atoms with E-state index in [1.54, 1.807) is 14.2 Å². The second kappa shape index (κ2) is 3.88. The molecule has 0 aromatic heterocycles. The van der Waals surface area contributed by atoms with Crippen LogP contribution in [0.15, 0.2) is 12.1 Å². The first-order chi connectivity index (χ1) is 7.24. The second-order valence-electron chi connectivity index (χ2n) is 3.59. The van der Waals surface area contributed by atoms with Crippen molar-refractivity contribution in [1.82, 2.24) is 0 Å². The number of hydrogen-bond acceptors (Lipinski definition) is 3. The smallest absolute Gasteiger partial charge is 0.217 e. The molecule has 1 aromatic carbocycles. The molecule has 15 heavy (non-hydrogen) atoms. The summed E-state index contributed by atoms with van der Waals surface area (Å²) < 4.78 is 11.5. The molecule has 0 atom stereocenters. The first-order valence-electron chi connectivity index (χ1n) is 4.90. The molecule has 0 N–H and O–H groups in total. The highest BCUT2D eigenvalue weighted by atomic mass is 16.5. The van der Waals surface area contributed by atoms with E-state index in [1.165, 1.54) is 5.56 Å². The Labute approximate surface area is 88.4 Å². The number of benzene rings is 1. The van der Waals surface area contributed by atoms with Gasteiger partial charge >= 0.3 is 0 Å². The summed E-state index contributed by atoms with van der Waals surface area (Å²) in [6.45, 7) is 0.998. The quantitative estimate of drug-likeness (QED) is 0.692. The van der Waals surface area contributed by atoms with Crippen LogP contribution in [0.4, 0.5) is 0 Å². The molecule has 0 saturated heterocycles. The highest BCUT2D eigenvalue weighted by molar-refractivity contribution is 5.47. The fraction of sp³-hybridized carbons (Fsp3) is 0.455. The molecule has 0 amide bonds. The maximum atomic E-state index is 11.2. The normalized spacial score (nSPS) is 14.7. The molecule has 2 rings (SSSR count). The number of methoxy groups -OCH3 is 2. The van der Waals surface area contributed by atoms with Crippen LogP contribution in [0.5, 0.6) is 11.5 Å². The van der Waals surface area contributed by atoms with Gasteiger partial charge in [-0.15, -0.1) is 0 Å². The Bertz CT molecular complexity index is 401. The Morgan fingerprint density at radius 3 is 2.33 bits per heavy atom. The lowest BCUT2D eigenvalue weighted by molar-refractivity contribution is -0.567. The van der Waals surface area contributed by atoms with Crippen LogP contribution in [-0.2, 0) is 13.0 Å². The summed E-state index contributed by atoms with van der Waals surface area (Å²) in [6, 6.07) is 3.85. The largest absolute Gasteiger partial charge is 0.493 e. The van der Waals surface area contributed by atoms with Crippen molar-refractivity contribution >= 4 is 0 Å². The first kappa shape index (κ1) is 9.96. The molecule has 4 nitrogen and oxygen atoms in total. The van der Waals surface area contributed by atoms with Crippen LogP contribution in [-0.4, -0.2) is 25.5 Å². The fourth-order valence-corrected chi connectivity index (χ4v) is 1.86. The summed E-state index contributed by atoms with van der Waals surface area (Å²) in [4.78, 5) is 11.2. The molecule has 0 unspecified atom stereocenters. The average molecular weight is 208 g/mol. The third-order valence-electron chi connectivity index (χ3n) is 2.68. The molecular formula is C11H14NO3+. The van der Waals surface area contributed by atoms with Crippen LogP contribution < -0.4 is 9.47 Å². The molecule has 0 fully saturated rings. The van der Waals surface area contributed by atoms with E-state index in [1.807, 2.05) is 12.1 Å². The maximum absolute atomic E-state index is 11.2. The van der Waals surface area contributed by atoms with E-state index in [0.29, 0.717) is 18.8 Å². The molecule has 4 heteroatoms. The number of nitroso groups, excluding NO2 is 1. The van der Waals surface area contributed by atoms with Crippen molar-refractivity contribution < 1.29 is 14.2 Å².